The third-order valence-corrected chi connectivity index (χ3v) is 7.08. The van der Waals surface area contributed by atoms with Gasteiger partial charge in [-0.05, 0) is 65.1 Å². The standard InChI is InChI=1S/C29H32Cl2N2O2.ClH/c1-29(2,3)23-12-9-21(10-13-23)19-33(17-15-20-11-14-24(30)25(31)18-20)28(34)35-26-8-4-6-22-7-5-16-32-27(22)26;/h4,6,8-14,18,32H,5,7,15-17,19H2,1-3H3;1H. The zero-order valence-corrected chi connectivity index (χ0v) is 23.3. The van der Waals surface area contributed by atoms with Gasteiger partial charge in [0.25, 0.3) is 0 Å². The van der Waals surface area contributed by atoms with Crippen LogP contribution in [-0.4, -0.2) is 24.1 Å². The maximum atomic E-state index is 13.4. The lowest BCUT2D eigenvalue weighted by Crippen LogP contribution is -2.35. The van der Waals surface area contributed by atoms with Gasteiger partial charge in [0.05, 0.1) is 15.7 Å². The Hall–Kier alpha value is -2.40. The average molecular weight is 548 g/mol. The van der Waals surface area contributed by atoms with Crippen LogP contribution in [0.15, 0.2) is 60.7 Å². The highest BCUT2D eigenvalue weighted by molar-refractivity contribution is 6.42. The number of para-hydroxylation sites is 1. The Morgan fingerprint density at radius 1 is 1.00 bits per heavy atom. The molecule has 0 aromatic heterocycles. The van der Waals surface area contributed by atoms with Crippen LogP contribution in [0.4, 0.5) is 10.5 Å². The molecule has 0 saturated heterocycles. The minimum absolute atomic E-state index is 0. The molecule has 3 aromatic carbocycles. The fraction of sp³-hybridized carbons (Fsp3) is 0.345. The molecule has 0 spiro atoms. The first-order chi connectivity index (χ1) is 16.7. The van der Waals surface area contributed by atoms with Gasteiger partial charge in [-0.3, -0.25) is 0 Å². The first kappa shape index (κ1) is 28.2. The van der Waals surface area contributed by atoms with Gasteiger partial charge in [0.1, 0.15) is 0 Å². The summed E-state index contributed by atoms with van der Waals surface area (Å²) in [7, 11) is 0. The Kier molecular flexibility index (Phi) is 9.57. The normalized spacial score (nSPS) is 12.7. The van der Waals surface area contributed by atoms with Crippen LogP contribution in [0, 0.1) is 0 Å². The number of anilines is 1. The van der Waals surface area contributed by atoms with Gasteiger partial charge < -0.3 is 15.0 Å². The zero-order valence-electron chi connectivity index (χ0n) is 20.9. The summed E-state index contributed by atoms with van der Waals surface area (Å²) >= 11 is 12.3. The molecule has 0 fully saturated rings. The minimum atomic E-state index is -0.370. The third kappa shape index (κ3) is 7.09. The number of ether oxygens (including phenoxy) is 1. The van der Waals surface area contributed by atoms with E-state index in [-0.39, 0.29) is 23.9 Å². The second-order valence-electron chi connectivity index (χ2n) is 10.1. The number of rotatable bonds is 6. The third-order valence-electron chi connectivity index (χ3n) is 6.34. The van der Waals surface area contributed by atoms with Crippen molar-refractivity contribution in [3.63, 3.8) is 0 Å². The molecule has 3 aromatic rings. The molecule has 0 saturated carbocycles. The smallest absolute Gasteiger partial charge is 0.408 e. The number of hydrogen-bond acceptors (Lipinski definition) is 3. The largest absolute Gasteiger partial charge is 0.415 e. The maximum absolute atomic E-state index is 13.4. The molecule has 1 N–H and O–H groups in total. The average Bonchev–Trinajstić information content (AvgIpc) is 2.83. The zero-order chi connectivity index (χ0) is 25.0. The van der Waals surface area contributed by atoms with Gasteiger partial charge in [-0.25, -0.2) is 4.79 Å². The Balaban J connectivity index is 0.00000361. The molecule has 0 unspecified atom stereocenters. The van der Waals surface area contributed by atoms with E-state index in [1.165, 1.54) is 11.1 Å². The van der Waals surface area contributed by atoms with Gasteiger partial charge in [0, 0.05) is 19.6 Å². The first-order valence-corrected chi connectivity index (χ1v) is 12.8. The Labute approximate surface area is 230 Å². The molecular weight excluding hydrogens is 515 g/mol. The number of carbonyl (C=O) groups is 1. The highest BCUT2D eigenvalue weighted by atomic mass is 35.5. The van der Waals surface area contributed by atoms with Crippen molar-refractivity contribution in [2.24, 2.45) is 0 Å². The topological polar surface area (TPSA) is 41.6 Å². The van der Waals surface area contributed by atoms with Crippen LogP contribution in [0.2, 0.25) is 10.0 Å². The van der Waals surface area contributed by atoms with Crippen LogP contribution in [-0.2, 0) is 24.8 Å². The predicted octanol–water partition coefficient (Wildman–Crippen LogP) is 8.31. The number of benzene rings is 3. The van der Waals surface area contributed by atoms with Gasteiger partial charge in [0.15, 0.2) is 5.75 Å². The molecule has 0 aliphatic carbocycles. The summed E-state index contributed by atoms with van der Waals surface area (Å²) in [5.74, 6) is 0.579. The van der Waals surface area contributed by atoms with Crippen molar-refractivity contribution in [3.8, 4) is 5.75 Å². The van der Waals surface area contributed by atoms with Gasteiger partial charge in [-0.15, -0.1) is 12.4 Å². The van der Waals surface area contributed by atoms with Gasteiger partial charge in [-0.2, -0.15) is 0 Å². The Morgan fingerprint density at radius 2 is 1.72 bits per heavy atom. The van der Waals surface area contributed by atoms with Crippen molar-refractivity contribution in [2.75, 3.05) is 18.4 Å². The SMILES string of the molecule is CC(C)(C)c1ccc(CN(CCc2ccc(Cl)c(Cl)c2)C(=O)Oc2cccc3c2NCCC3)cc1.Cl. The number of fused-ring (bicyclic) bond motifs is 1. The van der Waals surface area contributed by atoms with Crippen molar-refractivity contribution in [1.29, 1.82) is 0 Å². The highest BCUT2D eigenvalue weighted by Crippen LogP contribution is 2.32. The molecule has 1 heterocycles. The number of amides is 1. The number of aryl methyl sites for hydroxylation is 1. The number of halogens is 3. The van der Waals surface area contributed by atoms with Gasteiger partial charge >= 0.3 is 6.09 Å². The summed E-state index contributed by atoms with van der Waals surface area (Å²) in [5.41, 5.74) is 5.50. The molecule has 0 atom stereocenters. The van der Waals surface area contributed by atoms with Crippen molar-refractivity contribution in [2.45, 2.75) is 52.0 Å². The monoisotopic (exact) mass is 546 g/mol. The summed E-state index contributed by atoms with van der Waals surface area (Å²) < 4.78 is 5.93. The minimum Gasteiger partial charge on any atom is -0.408 e. The fourth-order valence-electron chi connectivity index (χ4n) is 4.25. The predicted molar refractivity (Wildman–Crippen MR) is 152 cm³/mol. The van der Waals surface area contributed by atoms with Gasteiger partial charge in [0.2, 0.25) is 0 Å². The second kappa shape index (κ2) is 12.2. The molecule has 4 nitrogen and oxygen atoms in total. The molecular formula is C29H33Cl3N2O2. The van der Waals surface area contributed by atoms with Crippen molar-refractivity contribution >= 4 is 47.4 Å². The van der Waals surface area contributed by atoms with Crippen molar-refractivity contribution in [1.82, 2.24) is 4.90 Å². The molecule has 1 amide bonds. The first-order valence-electron chi connectivity index (χ1n) is 12.1. The lowest BCUT2D eigenvalue weighted by Gasteiger charge is -2.25. The summed E-state index contributed by atoms with van der Waals surface area (Å²) in [6.07, 6.45) is 2.32. The lowest BCUT2D eigenvalue weighted by atomic mass is 9.87. The van der Waals surface area contributed by atoms with Crippen LogP contribution in [0.1, 0.15) is 49.4 Å². The molecule has 1 aliphatic rings. The molecule has 0 bridgehead atoms. The fourth-order valence-corrected chi connectivity index (χ4v) is 4.57. The summed E-state index contributed by atoms with van der Waals surface area (Å²) in [5, 5.41) is 4.42. The van der Waals surface area contributed by atoms with E-state index in [0.29, 0.717) is 35.3 Å². The van der Waals surface area contributed by atoms with E-state index >= 15 is 0 Å². The lowest BCUT2D eigenvalue weighted by molar-refractivity contribution is 0.150. The number of carbonyl (C=O) groups excluding carboxylic acids is 1. The van der Waals surface area contributed by atoms with E-state index < -0.39 is 0 Å². The Bertz CT molecular complexity index is 1190. The van der Waals surface area contributed by atoms with E-state index in [2.05, 4.69) is 56.4 Å². The molecule has 36 heavy (non-hydrogen) atoms. The summed E-state index contributed by atoms with van der Waals surface area (Å²) in [6.45, 7) is 8.39. The number of nitrogens with zero attached hydrogens (tertiary/aromatic N) is 1. The molecule has 1 aliphatic heterocycles. The molecule has 4 rings (SSSR count). The van der Waals surface area contributed by atoms with Crippen LogP contribution < -0.4 is 10.1 Å². The van der Waals surface area contributed by atoms with Crippen molar-refractivity contribution in [3.05, 3.63) is 93.0 Å². The summed E-state index contributed by atoms with van der Waals surface area (Å²) in [4.78, 5) is 15.1. The number of hydrogen-bond donors (Lipinski definition) is 1. The van der Waals surface area contributed by atoms with Crippen LogP contribution in [0.25, 0.3) is 0 Å². The Morgan fingerprint density at radius 3 is 2.42 bits per heavy atom. The molecule has 192 valence electrons. The van der Waals surface area contributed by atoms with Crippen molar-refractivity contribution < 1.29 is 9.53 Å². The van der Waals surface area contributed by atoms with E-state index in [1.807, 2.05) is 24.3 Å². The van der Waals surface area contributed by atoms with E-state index in [4.69, 9.17) is 27.9 Å². The van der Waals surface area contributed by atoms with E-state index in [9.17, 15) is 4.79 Å². The van der Waals surface area contributed by atoms with Crippen LogP contribution >= 0.6 is 35.6 Å². The number of nitrogens with one attached hydrogen (secondary N) is 1. The second-order valence-corrected chi connectivity index (χ2v) is 10.9. The molecule has 0 radical (unpaired) electrons. The quantitative estimate of drug-likeness (QED) is 0.337. The summed E-state index contributed by atoms with van der Waals surface area (Å²) in [6, 6.07) is 19.9. The van der Waals surface area contributed by atoms with Gasteiger partial charge in [-0.1, -0.05) is 86.4 Å². The van der Waals surface area contributed by atoms with Crippen LogP contribution in [0.3, 0.4) is 0 Å². The molecule has 7 heteroatoms. The maximum Gasteiger partial charge on any atom is 0.415 e. The van der Waals surface area contributed by atoms with E-state index in [1.54, 1.807) is 11.0 Å². The van der Waals surface area contributed by atoms with Crippen LogP contribution in [0.5, 0.6) is 5.75 Å². The highest BCUT2D eigenvalue weighted by Gasteiger charge is 2.21. The van der Waals surface area contributed by atoms with E-state index in [0.717, 1.165) is 36.2 Å².